The molecule has 0 saturated heterocycles. The minimum atomic E-state index is -1.11. The van der Waals surface area contributed by atoms with Gasteiger partial charge in [-0.25, -0.2) is 0 Å². The molecule has 0 saturated carbocycles. The average Bonchev–Trinajstić information content (AvgIpc) is 2.06. The van der Waals surface area contributed by atoms with E-state index < -0.39 is 8.60 Å². The summed E-state index contributed by atoms with van der Waals surface area (Å²) in [4.78, 5) is 0. The van der Waals surface area contributed by atoms with Crippen molar-refractivity contribution < 1.29 is 13.6 Å². The maximum absolute atomic E-state index is 5.32. The van der Waals surface area contributed by atoms with E-state index in [2.05, 4.69) is 5.32 Å². The molecule has 0 spiro atoms. The summed E-state index contributed by atoms with van der Waals surface area (Å²) in [6.07, 6.45) is 0. The monoisotopic (exact) mass is 195 g/mol. The topological polar surface area (TPSA) is 39.7 Å². The lowest BCUT2D eigenvalue weighted by molar-refractivity contribution is 0.171. The van der Waals surface area contributed by atoms with E-state index in [1.54, 1.807) is 0 Å². The molecule has 0 rings (SSSR count). The first-order valence-corrected chi connectivity index (χ1v) is 5.28. The molecule has 0 aliphatic carbocycles. The fourth-order valence-electron chi connectivity index (χ4n) is 0.545. The lowest BCUT2D eigenvalue weighted by Crippen LogP contribution is -2.13. The lowest BCUT2D eigenvalue weighted by atomic mass is 10.7. The molecule has 4 nitrogen and oxygen atoms in total. The van der Waals surface area contributed by atoms with Crippen molar-refractivity contribution in [2.75, 3.05) is 33.4 Å². The van der Waals surface area contributed by atoms with Gasteiger partial charge in [-0.1, -0.05) is 0 Å². The van der Waals surface area contributed by atoms with Crippen molar-refractivity contribution in [3.63, 3.8) is 0 Å². The van der Waals surface area contributed by atoms with Gasteiger partial charge in [0.25, 0.3) is 0 Å². The fourth-order valence-corrected chi connectivity index (χ4v) is 1.43. The normalized spacial score (nSPS) is 11.0. The van der Waals surface area contributed by atoms with Crippen LogP contribution in [0.1, 0.15) is 13.8 Å². The van der Waals surface area contributed by atoms with Gasteiger partial charge in [0, 0.05) is 6.54 Å². The zero-order valence-corrected chi connectivity index (χ0v) is 8.89. The molecule has 0 radical (unpaired) electrons. The molecule has 5 heteroatoms. The van der Waals surface area contributed by atoms with Gasteiger partial charge < -0.3 is 18.9 Å². The predicted octanol–water partition coefficient (Wildman–Crippen LogP) is 1.52. The van der Waals surface area contributed by atoms with E-state index in [1.807, 2.05) is 20.9 Å². The Kier molecular flexibility index (Phi) is 9.57. The molecule has 74 valence electrons. The van der Waals surface area contributed by atoms with Gasteiger partial charge in [0.2, 0.25) is 0 Å². The number of likely N-dealkylation sites (N-methyl/N-ethyl adjacent to an activating group) is 1. The summed E-state index contributed by atoms with van der Waals surface area (Å²) in [5.41, 5.74) is 0. The summed E-state index contributed by atoms with van der Waals surface area (Å²) in [7, 11) is 0.769. The third kappa shape index (κ3) is 6.95. The van der Waals surface area contributed by atoms with Crippen LogP contribution in [0.2, 0.25) is 0 Å². The smallest absolute Gasteiger partial charge is 0.317 e. The third-order valence-electron chi connectivity index (χ3n) is 1.02. The van der Waals surface area contributed by atoms with Crippen molar-refractivity contribution in [3.05, 3.63) is 0 Å². The highest BCUT2D eigenvalue weighted by Gasteiger charge is 2.09. The van der Waals surface area contributed by atoms with E-state index in [0.29, 0.717) is 19.8 Å². The Labute approximate surface area is 75.6 Å². The Morgan fingerprint density at radius 2 is 1.67 bits per heavy atom. The Hall–Kier alpha value is 0.270. The third-order valence-corrected chi connectivity index (χ3v) is 2.35. The van der Waals surface area contributed by atoms with E-state index in [4.69, 9.17) is 13.6 Å². The standard InChI is InChI=1S/C7H18NO3P/c1-4-9-12(10-5-2)11-7-6-8-3/h8H,4-7H2,1-3H3. The molecule has 0 aromatic heterocycles. The average molecular weight is 195 g/mol. The van der Waals surface area contributed by atoms with Crippen molar-refractivity contribution in [3.8, 4) is 0 Å². The second-order valence-electron chi connectivity index (χ2n) is 2.00. The summed E-state index contributed by atoms with van der Waals surface area (Å²) >= 11 is 0. The highest BCUT2D eigenvalue weighted by molar-refractivity contribution is 7.41. The lowest BCUT2D eigenvalue weighted by Gasteiger charge is -2.14. The van der Waals surface area contributed by atoms with Gasteiger partial charge >= 0.3 is 8.60 Å². The van der Waals surface area contributed by atoms with E-state index >= 15 is 0 Å². The van der Waals surface area contributed by atoms with Crippen molar-refractivity contribution in [1.29, 1.82) is 0 Å². The van der Waals surface area contributed by atoms with Crippen LogP contribution < -0.4 is 5.32 Å². The van der Waals surface area contributed by atoms with E-state index in [-0.39, 0.29) is 0 Å². The van der Waals surface area contributed by atoms with Crippen LogP contribution >= 0.6 is 8.60 Å². The molecule has 0 heterocycles. The van der Waals surface area contributed by atoms with Crippen LogP contribution in [-0.4, -0.2) is 33.4 Å². The first-order valence-electron chi connectivity index (χ1n) is 4.18. The summed E-state index contributed by atoms with van der Waals surface area (Å²) in [6.45, 7) is 6.56. The Bertz CT molecular complexity index is 88.7. The molecule has 0 atom stereocenters. The first kappa shape index (κ1) is 12.3. The molecule has 0 aromatic carbocycles. The van der Waals surface area contributed by atoms with E-state index in [1.165, 1.54) is 0 Å². The van der Waals surface area contributed by atoms with Crippen molar-refractivity contribution >= 4 is 8.60 Å². The van der Waals surface area contributed by atoms with Gasteiger partial charge in [-0.05, 0) is 20.9 Å². The SMILES string of the molecule is CCOP(OCC)OCCNC. The highest BCUT2D eigenvalue weighted by atomic mass is 31.2. The Balaban J connectivity index is 3.34. The molecule has 0 aliphatic rings. The van der Waals surface area contributed by atoms with Gasteiger partial charge in [-0.2, -0.15) is 0 Å². The zero-order chi connectivity index (χ0) is 9.23. The van der Waals surface area contributed by atoms with Crippen LogP contribution in [0.3, 0.4) is 0 Å². The zero-order valence-electron chi connectivity index (χ0n) is 8.00. The second-order valence-corrected chi connectivity index (χ2v) is 3.22. The van der Waals surface area contributed by atoms with E-state index in [0.717, 1.165) is 6.54 Å². The molecule has 0 amide bonds. The minimum absolute atomic E-state index is 0.627. The van der Waals surface area contributed by atoms with Gasteiger partial charge in [-0.3, -0.25) is 0 Å². The van der Waals surface area contributed by atoms with Gasteiger partial charge in [-0.15, -0.1) is 0 Å². The molecule has 0 fully saturated rings. The fraction of sp³-hybridized carbons (Fsp3) is 1.00. The van der Waals surface area contributed by atoms with Crippen LogP contribution in [-0.2, 0) is 13.6 Å². The van der Waals surface area contributed by atoms with Crippen LogP contribution in [0.5, 0.6) is 0 Å². The molecule has 0 aromatic rings. The molecule has 0 bridgehead atoms. The van der Waals surface area contributed by atoms with Crippen LogP contribution in [0.4, 0.5) is 0 Å². The minimum Gasteiger partial charge on any atom is -0.317 e. The van der Waals surface area contributed by atoms with Gasteiger partial charge in [0.05, 0.1) is 19.8 Å². The van der Waals surface area contributed by atoms with E-state index in [9.17, 15) is 0 Å². The second kappa shape index (κ2) is 9.36. The van der Waals surface area contributed by atoms with Crippen LogP contribution in [0.15, 0.2) is 0 Å². The summed E-state index contributed by atoms with van der Waals surface area (Å²) < 4.78 is 15.8. The van der Waals surface area contributed by atoms with Gasteiger partial charge in [0.1, 0.15) is 0 Å². The molecular weight excluding hydrogens is 177 g/mol. The Morgan fingerprint density at radius 3 is 2.08 bits per heavy atom. The molecule has 0 aliphatic heterocycles. The maximum atomic E-state index is 5.32. The first-order chi connectivity index (χ1) is 5.85. The van der Waals surface area contributed by atoms with Crippen LogP contribution in [0.25, 0.3) is 0 Å². The largest absolute Gasteiger partial charge is 0.332 e. The van der Waals surface area contributed by atoms with Crippen molar-refractivity contribution in [2.24, 2.45) is 0 Å². The van der Waals surface area contributed by atoms with Crippen molar-refractivity contribution in [2.45, 2.75) is 13.8 Å². The number of hydrogen-bond donors (Lipinski definition) is 1. The number of rotatable bonds is 8. The summed E-state index contributed by atoms with van der Waals surface area (Å²) in [5, 5.41) is 2.98. The van der Waals surface area contributed by atoms with Crippen molar-refractivity contribution in [1.82, 2.24) is 5.32 Å². The quantitative estimate of drug-likeness (QED) is 0.471. The number of nitrogens with one attached hydrogen (secondary N) is 1. The molecule has 0 unspecified atom stereocenters. The van der Waals surface area contributed by atoms with Gasteiger partial charge in [0.15, 0.2) is 0 Å². The highest BCUT2D eigenvalue weighted by Crippen LogP contribution is 2.38. The summed E-state index contributed by atoms with van der Waals surface area (Å²) in [6, 6.07) is 0. The Morgan fingerprint density at radius 1 is 1.08 bits per heavy atom. The molecule has 1 N–H and O–H groups in total. The summed E-state index contributed by atoms with van der Waals surface area (Å²) in [5.74, 6) is 0. The predicted molar refractivity (Wildman–Crippen MR) is 50.1 cm³/mol. The molecule has 12 heavy (non-hydrogen) atoms. The molecular formula is C7H18NO3P. The maximum Gasteiger partial charge on any atom is 0.332 e. The van der Waals surface area contributed by atoms with Crippen LogP contribution in [0, 0.1) is 0 Å². The number of hydrogen-bond acceptors (Lipinski definition) is 4.